The summed E-state index contributed by atoms with van der Waals surface area (Å²) in [6, 6.07) is 21.7. The number of aryl methyl sites for hydroxylation is 1. The van der Waals surface area contributed by atoms with Crippen molar-refractivity contribution < 1.29 is 4.79 Å². The number of benzene rings is 3. The topological polar surface area (TPSA) is 72.2 Å². The number of hydrogen-bond donors (Lipinski definition) is 1. The van der Waals surface area contributed by atoms with E-state index in [0.717, 1.165) is 22.4 Å². The van der Waals surface area contributed by atoms with E-state index in [1.165, 1.54) is 17.3 Å². The number of halogens is 2. The van der Waals surface area contributed by atoms with Gasteiger partial charge in [-0.25, -0.2) is 5.43 Å². The van der Waals surface area contributed by atoms with Crippen LogP contribution in [0.25, 0.3) is 17.1 Å². The smallest absolute Gasteiger partial charge is 0.250 e. The summed E-state index contributed by atoms with van der Waals surface area (Å²) in [5.74, 6) is 0.570. The fourth-order valence-corrected chi connectivity index (χ4v) is 4.73. The van der Waals surface area contributed by atoms with Gasteiger partial charge in [-0.1, -0.05) is 104 Å². The molecule has 0 unspecified atom stereocenters. The number of nitrogens with one attached hydrogen (secondary N) is 1. The molecule has 0 aliphatic carbocycles. The molecule has 0 saturated carbocycles. The van der Waals surface area contributed by atoms with E-state index in [4.69, 9.17) is 23.2 Å². The number of amides is 1. The lowest BCUT2D eigenvalue weighted by Gasteiger charge is -2.19. The van der Waals surface area contributed by atoms with Gasteiger partial charge in [0, 0.05) is 11.3 Å². The maximum absolute atomic E-state index is 12.6. The Labute approximate surface area is 237 Å². The van der Waals surface area contributed by atoms with Crippen molar-refractivity contribution in [2.24, 2.45) is 5.10 Å². The predicted molar refractivity (Wildman–Crippen MR) is 158 cm³/mol. The number of nitrogens with zero attached hydrogens (tertiary/aromatic N) is 4. The van der Waals surface area contributed by atoms with Gasteiger partial charge in [-0.05, 0) is 54.7 Å². The minimum Gasteiger partial charge on any atom is -0.272 e. The third kappa shape index (κ3) is 6.65. The van der Waals surface area contributed by atoms with Gasteiger partial charge in [0.25, 0.3) is 5.91 Å². The Bertz CT molecular complexity index is 1470. The van der Waals surface area contributed by atoms with E-state index in [-0.39, 0.29) is 17.1 Å². The molecule has 4 aromatic rings. The Kier molecular flexibility index (Phi) is 8.61. The highest BCUT2D eigenvalue weighted by Gasteiger charge is 2.19. The summed E-state index contributed by atoms with van der Waals surface area (Å²) in [6.07, 6.45) is 0. The molecule has 0 atom stereocenters. The molecule has 1 aromatic heterocycles. The van der Waals surface area contributed by atoms with E-state index >= 15 is 0 Å². The van der Waals surface area contributed by atoms with Crippen molar-refractivity contribution in [3.05, 3.63) is 93.5 Å². The number of aromatic nitrogens is 3. The maximum Gasteiger partial charge on any atom is 0.250 e. The molecular weight excluding hydrogens is 537 g/mol. The Morgan fingerprint density at radius 2 is 1.66 bits per heavy atom. The molecule has 9 heteroatoms. The minimum absolute atomic E-state index is 0.0538. The molecule has 0 fully saturated rings. The first kappa shape index (κ1) is 27.9. The van der Waals surface area contributed by atoms with E-state index in [1.807, 2.05) is 35.8 Å². The van der Waals surface area contributed by atoms with Crippen molar-refractivity contribution in [2.75, 3.05) is 5.75 Å². The lowest BCUT2D eigenvalue weighted by atomic mass is 9.87. The Hall–Kier alpha value is -3.13. The number of carbonyl (C=O) groups is 1. The van der Waals surface area contributed by atoms with Gasteiger partial charge in [-0.15, -0.1) is 10.2 Å². The van der Waals surface area contributed by atoms with Gasteiger partial charge < -0.3 is 0 Å². The summed E-state index contributed by atoms with van der Waals surface area (Å²) in [5.41, 5.74) is 8.31. The van der Waals surface area contributed by atoms with Crippen LogP contribution in [0.2, 0.25) is 10.0 Å². The van der Waals surface area contributed by atoms with Gasteiger partial charge in [0.1, 0.15) is 0 Å². The van der Waals surface area contributed by atoms with Crippen LogP contribution in [0.4, 0.5) is 0 Å². The summed E-state index contributed by atoms with van der Waals surface area (Å²) >= 11 is 13.4. The Balaban J connectivity index is 1.55. The van der Waals surface area contributed by atoms with Gasteiger partial charge >= 0.3 is 0 Å². The molecule has 3 aromatic carbocycles. The van der Waals surface area contributed by atoms with E-state index in [0.29, 0.717) is 26.7 Å². The summed E-state index contributed by atoms with van der Waals surface area (Å²) < 4.78 is 1.98. The van der Waals surface area contributed by atoms with Crippen LogP contribution >= 0.6 is 35.0 Å². The van der Waals surface area contributed by atoms with Gasteiger partial charge in [-0.2, -0.15) is 5.10 Å². The zero-order valence-corrected chi connectivity index (χ0v) is 24.2. The summed E-state index contributed by atoms with van der Waals surface area (Å²) in [4.78, 5) is 12.6. The van der Waals surface area contributed by atoms with Gasteiger partial charge in [0.2, 0.25) is 0 Å². The molecule has 4 rings (SSSR count). The molecule has 0 radical (unpaired) electrons. The molecule has 0 aliphatic rings. The third-order valence-corrected chi connectivity index (χ3v) is 7.62. The van der Waals surface area contributed by atoms with Gasteiger partial charge in [0.05, 0.1) is 21.5 Å². The molecule has 0 bridgehead atoms. The fraction of sp³-hybridized carbons (Fsp3) is 0.241. The highest BCUT2D eigenvalue weighted by atomic mass is 35.5. The van der Waals surface area contributed by atoms with Crippen LogP contribution in [0.15, 0.2) is 77.0 Å². The van der Waals surface area contributed by atoms with Crippen LogP contribution in [-0.2, 0) is 10.2 Å². The van der Waals surface area contributed by atoms with Crippen LogP contribution in [0, 0.1) is 6.92 Å². The Morgan fingerprint density at radius 3 is 2.29 bits per heavy atom. The summed E-state index contributed by atoms with van der Waals surface area (Å²) in [6.45, 7) is 10.4. The highest BCUT2D eigenvalue weighted by molar-refractivity contribution is 7.99. The second-order valence-corrected chi connectivity index (χ2v) is 11.7. The molecule has 196 valence electrons. The molecule has 1 N–H and O–H groups in total. The maximum atomic E-state index is 12.6. The zero-order chi connectivity index (χ0) is 27.4. The van der Waals surface area contributed by atoms with E-state index in [9.17, 15) is 4.79 Å². The number of thioether (sulfide) groups is 1. The normalized spacial score (nSPS) is 12.0. The molecule has 0 spiro atoms. The number of carbonyl (C=O) groups excluding carboxylic acids is 1. The van der Waals surface area contributed by atoms with Crippen molar-refractivity contribution in [1.82, 2.24) is 20.2 Å². The number of rotatable bonds is 7. The fourth-order valence-electron chi connectivity index (χ4n) is 3.69. The molecule has 0 saturated heterocycles. The van der Waals surface area contributed by atoms with Crippen LogP contribution in [0.1, 0.15) is 44.4 Å². The second kappa shape index (κ2) is 11.7. The summed E-state index contributed by atoms with van der Waals surface area (Å²) in [5, 5.41) is 14.6. The SMILES string of the molecule is C/C(=N\NC(=O)CSc1nnc(-c2ccc(C(C)(C)C)cc2)n1-c1ccc(C)cc1)c1ccc(Cl)c(Cl)c1. The van der Waals surface area contributed by atoms with Crippen molar-refractivity contribution in [1.29, 1.82) is 0 Å². The quantitative estimate of drug-likeness (QED) is 0.143. The van der Waals surface area contributed by atoms with E-state index in [1.54, 1.807) is 25.1 Å². The number of hydrogen-bond acceptors (Lipinski definition) is 5. The highest BCUT2D eigenvalue weighted by Crippen LogP contribution is 2.30. The van der Waals surface area contributed by atoms with Crippen molar-refractivity contribution >= 4 is 46.6 Å². The molecule has 38 heavy (non-hydrogen) atoms. The second-order valence-electron chi connectivity index (χ2n) is 9.95. The van der Waals surface area contributed by atoms with Crippen molar-refractivity contribution in [3.63, 3.8) is 0 Å². The Morgan fingerprint density at radius 1 is 0.974 bits per heavy atom. The first-order valence-corrected chi connectivity index (χ1v) is 13.8. The van der Waals surface area contributed by atoms with Crippen LogP contribution in [-0.4, -0.2) is 32.1 Å². The lowest BCUT2D eigenvalue weighted by molar-refractivity contribution is -0.118. The van der Waals surface area contributed by atoms with Crippen LogP contribution in [0.5, 0.6) is 0 Å². The van der Waals surface area contributed by atoms with Crippen molar-refractivity contribution in [2.45, 2.75) is 45.2 Å². The summed E-state index contributed by atoms with van der Waals surface area (Å²) in [7, 11) is 0. The molecule has 1 heterocycles. The average molecular weight is 567 g/mol. The standard InChI is InChI=1S/C29H29Cl2N5OS/c1-18-6-13-23(14-7-18)36-27(20-8-11-22(12-9-20)29(3,4)5)34-35-28(36)38-17-26(37)33-32-19(2)21-10-15-24(30)25(31)16-21/h6-16H,17H2,1-5H3,(H,33,37)/b32-19+. The minimum atomic E-state index is -0.260. The van der Waals surface area contributed by atoms with Crippen LogP contribution < -0.4 is 5.43 Å². The largest absolute Gasteiger partial charge is 0.272 e. The van der Waals surface area contributed by atoms with Crippen molar-refractivity contribution in [3.8, 4) is 17.1 Å². The first-order chi connectivity index (χ1) is 18.0. The van der Waals surface area contributed by atoms with E-state index in [2.05, 4.69) is 65.8 Å². The van der Waals surface area contributed by atoms with Crippen LogP contribution in [0.3, 0.4) is 0 Å². The molecular formula is C29H29Cl2N5OS. The predicted octanol–water partition coefficient (Wildman–Crippen LogP) is 7.48. The first-order valence-electron chi connectivity index (χ1n) is 12.1. The van der Waals surface area contributed by atoms with Gasteiger partial charge in [0.15, 0.2) is 11.0 Å². The third-order valence-electron chi connectivity index (χ3n) is 5.95. The lowest BCUT2D eigenvalue weighted by Crippen LogP contribution is -2.21. The van der Waals surface area contributed by atoms with Gasteiger partial charge in [-0.3, -0.25) is 9.36 Å². The van der Waals surface area contributed by atoms with E-state index < -0.39 is 0 Å². The average Bonchev–Trinajstić information content (AvgIpc) is 3.31. The molecule has 0 aliphatic heterocycles. The zero-order valence-electron chi connectivity index (χ0n) is 21.9. The monoisotopic (exact) mass is 565 g/mol. The molecule has 6 nitrogen and oxygen atoms in total. The molecule has 1 amide bonds. The number of hydrazone groups is 1.